The van der Waals surface area contributed by atoms with E-state index >= 15 is 0 Å². The van der Waals surface area contributed by atoms with E-state index in [2.05, 4.69) is 0 Å². The van der Waals surface area contributed by atoms with Crippen molar-refractivity contribution in [1.29, 1.82) is 0 Å². The first-order valence-electron chi connectivity index (χ1n) is 4.98. The van der Waals surface area contributed by atoms with E-state index in [4.69, 9.17) is 11.6 Å². The van der Waals surface area contributed by atoms with Crippen LogP contribution in [0.3, 0.4) is 0 Å². The molecule has 0 atom stereocenters. The molecule has 1 saturated heterocycles. The maximum absolute atomic E-state index is 12.4. The average Bonchev–Trinajstić information content (AvgIpc) is 2.56. The van der Waals surface area contributed by atoms with Crippen molar-refractivity contribution < 1.29 is 22.8 Å². The average molecular weight is 278 g/mol. The number of amides is 1. The molecule has 0 saturated carbocycles. The number of Topliss-reactive ketones (excluding diaryl/α,β-unsaturated/α-hetero) is 1. The van der Waals surface area contributed by atoms with E-state index in [1.165, 1.54) is 0 Å². The minimum atomic E-state index is -4.49. The van der Waals surface area contributed by atoms with Crippen LogP contribution in [-0.2, 0) is 15.8 Å². The lowest BCUT2D eigenvalue weighted by molar-refractivity contribution is -0.137. The van der Waals surface area contributed by atoms with Crippen molar-refractivity contribution >= 4 is 29.0 Å². The predicted octanol–water partition coefficient (Wildman–Crippen LogP) is 2.66. The number of anilines is 1. The van der Waals surface area contributed by atoms with Crippen LogP contribution in [0.25, 0.3) is 0 Å². The summed E-state index contributed by atoms with van der Waals surface area (Å²) in [5, 5.41) is -0.201. The maximum Gasteiger partial charge on any atom is 0.416 e. The Bertz CT molecular complexity index is 528. The molecule has 0 radical (unpaired) electrons. The summed E-state index contributed by atoms with van der Waals surface area (Å²) >= 11 is 5.72. The Morgan fingerprint density at radius 2 is 1.89 bits per heavy atom. The highest BCUT2D eigenvalue weighted by Gasteiger charge is 2.33. The van der Waals surface area contributed by atoms with Crippen molar-refractivity contribution in [2.45, 2.75) is 12.6 Å². The van der Waals surface area contributed by atoms with Crippen molar-refractivity contribution in [3.63, 3.8) is 0 Å². The fraction of sp³-hybridized carbons (Fsp3) is 0.273. The third kappa shape index (κ3) is 2.33. The van der Waals surface area contributed by atoms with Crippen LogP contribution in [0.1, 0.15) is 12.0 Å². The van der Waals surface area contributed by atoms with Crippen molar-refractivity contribution in [3.8, 4) is 0 Å². The van der Waals surface area contributed by atoms with Gasteiger partial charge in [0.05, 0.1) is 29.2 Å². The summed E-state index contributed by atoms with van der Waals surface area (Å²) in [6, 6.07) is 2.67. The summed E-state index contributed by atoms with van der Waals surface area (Å²) in [4.78, 5) is 23.6. The number of alkyl halides is 3. The Balaban J connectivity index is 2.37. The Labute approximate surface area is 105 Å². The van der Waals surface area contributed by atoms with Crippen LogP contribution >= 0.6 is 11.6 Å². The van der Waals surface area contributed by atoms with Crippen molar-refractivity contribution in [2.75, 3.05) is 11.4 Å². The van der Waals surface area contributed by atoms with Gasteiger partial charge in [-0.1, -0.05) is 11.6 Å². The Kier molecular flexibility index (Phi) is 3.06. The van der Waals surface area contributed by atoms with E-state index in [0.29, 0.717) is 0 Å². The van der Waals surface area contributed by atoms with Gasteiger partial charge in [-0.25, -0.2) is 0 Å². The molecule has 0 aromatic heterocycles. The Morgan fingerprint density at radius 3 is 2.33 bits per heavy atom. The summed E-state index contributed by atoms with van der Waals surface area (Å²) in [5.41, 5.74) is -0.769. The van der Waals surface area contributed by atoms with Gasteiger partial charge in [-0.15, -0.1) is 0 Å². The lowest BCUT2D eigenvalue weighted by Crippen LogP contribution is -2.25. The minimum Gasteiger partial charge on any atom is -0.303 e. The van der Waals surface area contributed by atoms with Crippen LogP contribution < -0.4 is 4.90 Å². The van der Waals surface area contributed by atoms with Gasteiger partial charge >= 0.3 is 6.18 Å². The summed E-state index contributed by atoms with van der Waals surface area (Å²) in [7, 11) is 0. The minimum absolute atomic E-state index is 0.125. The number of ketones is 1. The second-order valence-electron chi connectivity index (χ2n) is 3.86. The Morgan fingerprint density at radius 1 is 1.22 bits per heavy atom. The molecule has 1 aromatic rings. The number of nitrogens with zero attached hydrogens (tertiary/aromatic N) is 1. The van der Waals surface area contributed by atoms with Crippen LogP contribution in [0.15, 0.2) is 18.2 Å². The van der Waals surface area contributed by atoms with E-state index < -0.39 is 17.6 Å². The van der Waals surface area contributed by atoms with Crippen molar-refractivity contribution in [2.24, 2.45) is 0 Å². The largest absolute Gasteiger partial charge is 0.416 e. The molecule has 0 spiro atoms. The molecular weight excluding hydrogens is 271 g/mol. The zero-order valence-electron chi connectivity index (χ0n) is 8.92. The van der Waals surface area contributed by atoms with E-state index in [-0.39, 0.29) is 29.5 Å². The standard InChI is InChI=1S/C11H7ClF3NO2/c12-8-3-6(11(13,14)15)1-2-9(8)16-5-7(17)4-10(16)18/h1-3H,4-5H2. The molecule has 7 heteroatoms. The van der Waals surface area contributed by atoms with Gasteiger partial charge in [0.1, 0.15) is 0 Å². The molecular formula is C11H7ClF3NO2. The lowest BCUT2D eigenvalue weighted by Gasteiger charge is -2.17. The first-order valence-corrected chi connectivity index (χ1v) is 5.35. The van der Waals surface area contributed by atoms with Gasteiger partial charge in [-0.05, 0) is 18.2 Å². The van der Waals surface area contributed by atoms with Gasteiger partial charge in [-0.3, -0.25) is 9.59 Å². The monoisotopic (exact) mass is 277 g/mol. The second-order valence-corrected chi connectivity index (χ2v) is 4.27. The van der Waals surface area contributed by atoms with Crippen molar-refractivity contribution in [3.05, 3.63) is 28.8 Å². The van der Waals surface area contributed by atoms with Gasteiger partial charge < -0.3 is 4.90 Å². The van der Waals surface area contributed by atoms with Crippen LogP contribution in [0.5, 0.6) is 0 Å². The van der Waals surface area contributed by atoms with E-state index in [1.807, 2.05) is 0 Å². The number of hydrogen-bond acceptors (Lipinski definition) is 2. The maximum atomic E-state index is 12.4. The third-order valence-corrected chi connectivity index (χ3v) is 2.85. The Hall–Kier alpha value is -1.56. The highest BCUT2D eigenvalue weighted by atomic mass is 35.5. The number of carbonyl (C=O) groups is 2. The molecule has 1 heterocycles. The smallest absolute Gasteiger partial charge is 0.303 e. The number of carbonyl (C=O) groups excluding carboxylic acids is 2. The van der Waals surface area contributed by atoms with Crippen LogP contribution in [0.2, 0.25) is 5.02 Å². The summed E-state index contributed by atoms with van der Waals surface area (Å²) in [6.07, 6.45) is -4.73. The topological polar surface area (TPSA) is 37.4 Å². The molecule has 0 N–H and O–H groups in total. The zero-order chi connectivity index (χ0) is 13.5. The predicted molar refractivity (Wildman–Crippen MR) is 58.4 cm³/mol. The molecule has 0 bridgehead atoms. The molecule has 0 aliphatic carbocycles. The molecule has 1 aromatic carbocycles. The highest BCUT2D eigenvalue weighted by molar-refractivity contribution is 6.34. The SMILES string of the molecule is O=C1CC(=O)N(c2ccc(C(F)(F)F)cc2Cl)C1. The third-order valence-electron chi connectivity index (χ3n) is 2.55. The van der Waals surface area contributed by atoms with Gasteiger partial charge in [0.15, 0.2) is 5.78 Å². The molecule has 3 nitrogen and oxygen atoms in total. The molecule has 18 heavy (non-hydrogen) atoms. The molecule has 2 rings (SSSR count). The molecule has 96 valence electrons. The fourth-order valence-electron chi connectivity index (χ4n) is 1.71. The van der Waals surface area contributed by atoms with E-state index in [9.17, 15) is 22.8 Å². The van der Waals surface area contributed by atoms with Crippen LogP contribution in [-0.4, -0.2) is 18.2 Å². The number of hydrogen-bond donors (Lipinski definition) is 0. The molecule has 1 fully saturated rings. The van der Waals surface area contributed by atoms with Gasteiger partial charge in [0.2, 0.25) is 5.91 Å². The number of benzene rings is 1. The van der Waals surface area contributed by atoms with Gasteiger partial charge in [-0.2, -0.15) is 13.2 Å². The highest BCUT2D eigenvalue weighted by Crippen LogP contribution is 2.35. The van der Waals surface area contributed by atoms with Crippen LogP contribution in [0, 0.1) is 0 Å². The molecule has 1 amide bonds. The lowest BCUT2D eigenvalue weighted by atomic mass is 10.2. The fourth-order valence-corrected chi connectivity index (χ4v) is 1.99. The number of halogens is 4. The summed E-state index contributed by atoms with van der Waals surface area (Å²) < 4.78 is 37.3. The second kappa shape index (κ2) is 4.28. The van der Waals surface area contributed by atoms with Gasteiger partial charge in [0, 0.05) is 0 Å². The number of rotatable bonds is 1. The van der Waals surface area contributed by atoms with E-state index in [1.54, 1.807) is 0 Å². The van der Waals surface area contributed by atoms with Crippen molar-refractivity contribution in [1.82, 2.24) is 0 Å². The van der Waals surface area contributed by atoms with Crippen LogP contribution in [0.4, 0.5) is 18.9 Å². The van der Waals surface area contributed by atoms with Gasteiger partial charge in [0.25, 0.3) is 0 Å². The zero-order valence-corrected chi connectivity index (χ0v) is 9.68. The van der Waals surface area contributed by atoms with E-state index in [0.717, 1.165) is 23.1 Å². The summed E-state index contributed by atoms with van der Waals surface area (Å²) in [6.45, 7) is -0.149. The molecule has 1 aliphatic heterocycles. The first kappa shape index (κ1) is 12.9. The molecule has 0 unspecified atom stereocenters. The molecule has 1 aliphatic rings. The normalized spacial score (nSPS) is 16.6. The summed E-state index contributed by atoms with van der Waals surface area (Å²) in [5.74, 6) is -0.738. The first-order chi connectivity index (χ1) is 8.29. The quantitative estimate of drug-likeness (QED) is 0.740.